The van der Waals surface area contributed by atoms with Gasteiger partial charge in [0.15, 0.2) is 0 Å². The van der Waals surface area contributed by atoms with Crippen molar-refractivity contribution < 1.29 is 4.79 Å². The fraction of sp³-hybridized carbons (Fsp3) is 0.500. The highest BCUT2D eigenvalue weighted by atomic mass is 79.9. The monoisotopic (exact) mass is 312 g/mol. The van der Waals surface area contributed by atoms with Gasteiger partial charge in [0.1, 0.15) is 0 Å². The average molecular weight is 313 g/mol. The lowest BCUT2D eigenvalue weighted by molar-refractivity contribution is 0.0938. The molecule has 0 aliphatic rings. The highest BCUT2D eigenvalue weighted by Gasteiger charge is 2.13. The lowest BCUT2D eigenvalue weighted by atomic mass is 10.0. The molecule has 1 unspecified atom stereocenters. The number of anilines is 1. The molecule has 0 heterocycles. The van der Waals surface area contributed by atoms with Crippen LogP contribution in [0.3, 0.4) is 0 Å². The number of carbonyl (C=O) groups is 1. The predicted octanol–water partition coefficient (Wildman–Crippen LogP) is 3.59. The van der Waals surface area contributed by atoms with Gasteiger partial charge in [0, 0.05) is 16.2 Å². The van der Waals surface area contributed by atoms with Crippen molar-refractivity contribution in [2.75, 3.05) is 5.73 Å². The largest absolute Gasteiger partial charge is 0.398 e. The van der Waals surface area contributed by atoms with Crippen molar-refractivity contribution in [3.63, 3.8) is 0 Å². The zero-order valence-electron chi connectivity index (χ0n) is 11.2. The zero-order chi connectivity index (χ0) is 13.7. The molecular formula is C14H21BrN2O. The van der Waals surface area contributed by atoms with Gasteiger partial charge in [-0.15, -0.1) is 0 Å². The quantitative estimate of drug-likeness (QED) is 0.816. The van der Waals surface area contributed by atoms with Gasteiger partial charge in [-0.1, -0.05) is 29.8 Å². The van der Waals surface area contributed by atoms with Crippen molar-refractivity contribution in [1.29, 1.82) is 0 Å². The Kier molecular flexibility index (Phi) is 5.66. The minimum Gasteiger partial charge on any atom is -0.398 e. The molecule has 0 bridgehead atoms. The van der Waals surface area contributed by atoms with Gasteiger partial charge in [-0.2, -0.15) is 0 Å². The summed E-state index contributed by atoms with van der Waals surface area (Å²) >= 11 is 3.35. The van der Waals surface area contributed by atoms with Gasteiger partial charge in [-0.3, -0.25) is 4.79 Å². The van der Waals surface area contributed by atoms with Crippen LogP contribution >= 0.6 is 15.9 Å². The Balaban J connectivity index is 2.62. The van der Waals surface area contributed by atoms with E-state index in [4.69, 9.17) is 5.73 Å². The molecule has 0 fully saturated rings. The number of rotatable bonds is 5. The first-order chi connectivity index (χ1) is 8.40. The first-order valence-electron chi connectivity index (χ1n) is 6.26. The lowest BCUT2D eigenvalue weighted by Crippen LogP contribution is -2.33. The molecule has 0 aromatic heterocycles. The van der Waals surface area contributed by atoms with E-state index in [0.717, 1.165) is 17.3 Å². The van der Waals surface area contributed by atoms with Crippen LogP contribution in [0.4, 0.5) is 5.69 Å². The number of hydrogen-bond donors (Lipinski definition) is 2. The lowest BCUT2D eigenvalue weighted by Gasteiger charge is -2.16. The average Bonchev–Trinajstić information content (AvgIpc) is 2.29. The standard InChI is InChI=1S/C14H21BrN2O/c1-9(2)4-5-10(3)17-14(18)12-8-11(15)6-7-13(12)16/h6-10H,4-5,16H2,1-3H3,(H,17,18). The number of benzene rings is 1. The van der Waals surface area contributed by atoms with Crippen LogP contribution in [-0.2, 0) is 0 Å². The smallest absolute Gasteiger partial charge is 0.253 e. The maximum Gasteiger partial charge on any atom is 0.253 e. The second-order valence-electron chi connectivity index (χ2n) is 5.08. The number of halogens is 1. The third kappa shape index (κ3) is 4.69. The molecule has 1 atom stereocenters. The first-order valence-corrected chi connectivity index (χ1v) is 7.05. The van der Waals surface area contributed by atoms with Crippen molar-refractivity contribution in [2.24, 2.45) is 5.92 Å². The summed E-state index contributed by atoms with van der Waals surface area (Å²) in [6, 6.07) is 5.48. The van der Waals surface area contributed by atoms with E-state index >= 15 is 0 Å². The Labute approximate surface area is 117 Å². The van der Waals surface area contributed by atoms with Gasteiger partial charge < -0.3 is 11.1 Å². The van der Waals surface area contributed by atoms with Gasteiger partial charge >= 0.3 is 0 Å². The van der Waals surface area contributed by atoms with Crippen LogP contribution in [-0.4, -0.2) is 11.9 Å². The normalized spacial score (nSPS) is 12.5. The summed E-state index contributed by atoms with van der Waals surface area (Å²) in [4.78, 5) is 12.1. The maximum atomic E-state index is 12.1. The minimum absolute atomic E-state index is 0.106. The van der Waals surface area contributed by atoms with E-state index in [-0.39, 0.29) is 11.9 Å². The maximum absolute atomic E-state index is 12.1. The van der Waals surface area contributed by atoms with Gasteiger partial charge in [0.05, 0.1) is 5.56 Å². The van der Waals surface area contributed by atoms with Gasteiger partial charge in [0.2, 0.25) is 0 Å². The summed E-state index contributed by atoms with van der Waals surface area (Å²) in [5.74, 6) is 0.547. The third-order valence-corrected chi connectivity index (χ3v) is 3.31. The molecule has 0 aliphatic carbocycles. The number of hydrogen-bond acceptors (Lipinski definition) is 2. The molecule has 3 N–H and O–H groups in total. The molecule has 4 heteroatoms. The van der Waals surface area contributed by atoms with Crippen molar-refractivity contribution in [2.45, 2.75) is 39.7 Å². The number of nitrogens with one attached hydrogen (secondary N) is 1. The highest BCUT2D eigenvalue weighted by molar-refractivity contribution is 9.10. The van der Waals surface area contributed by atoms with Crippen LogP contribution < -0.4 is 11.1 Å². The molecule has 1 amide bonds. The molecule has 100 valence electrons. The fourth-order valence-electron chi connectivity index (χ4n) is 1.68. The highest BCUT2D eigenvalue weighted by Crippen LogP contribution is 2.18. The van der Waals surface area contributed by atoms with E-state index in [9.17, 15) is 4.79 Å². The molecule has 0 saturated carbocycles. The van der Waals surface area contributed by atoms with Crippen LogP contribution in [0, 0.1) is 5.92 Å². The Hall–Kier alpha value is -1.03. The molecule has 0 radical (unpaired) electrons. The van der Waals surface area contributed by atoms with E-state index in [2.05, 4.69) is 35.1 Å². The van der Waals surface area contributed by atoms with Crippen molar-refractivity contribution in [1.82, 2.24) is 5.32 Å². The minimum atomic E-state index is -0.106. The van der Waals surface area contributed by atoms with Crippen LogP contribution in [0.1, 0.15) is 44.0 Å². The van der Waals surface area contributed by atoms with Crippen LogP contribution in [0.2, 0.25) is 0 Å². The number of amides is 1. The van der Waals surface area contributed by atoms with E-state index in [0.29, 0.717) is 17.2 Å². The molecule has 1 rings (SSSR count). The Morgan fingerprint density at radius 2 is 2.00 bits per heavy atom. The van der Waals surface area contributed by atoms with Gasteiger partial charge in [0.25, 0.3) is 5.91 Å². The zero-order valence-corrected chi connectivity index (χ0v) is 12.8. The van der Waals surface area contributed by atoms with Crippen LogP contribution in [0.5, 0.6) is 0 Å². The fourth-order valence-corrected chi connectivity index (χ4v) is 2.04. The van der Waals surface area contributed by atoms with Crippen LogP contribution in [0.25, 0.3) is 0 Å². The van der Waals surface area contributed by atoms with Crippen LogP contribution in [0.15, 0.2) is 22.7 Å². The molecule has 0 saturated heterocycles. The number of nitrogen functional groups attached to an aromatic ring is 1. The van der Waals surface area contributed by atoms with E-state index < -0.39 is 0 Å². The number of carbonyl (C=O) groups excluding carboxylic acids is 1. The third-order valence-electron chi connectivity index (χ3n) is 2.81. The van der Waals surface area contributed by atoms with Crippen molar-refractivity contribution in [3.8, 4) is 0 Å². The Morgan fingerprint density at radius 1 is 1.33 bits per heavy atom. The van der Waals surface area contributed by atoms with Crippen molar-refractivity contribution >= 4 is 27.5 Å². The van der Waals surface area contributed by atoms with E-state index in [1.54, 1.807) is 12.1 Å². The van der Waals surface area contributed by atoms with Gasteiger partial charge in [-0.05, 0) is 43.9 Å². The Bertz CT molecular complexity index is 418. The van der Waals surface area contributed by atoms with Crippen molar-refractivity contribution in [3.05, 3.63) is 28.2 Å². The molecule has 3 nitrogen and oxygen atoms in total. The summed E-state index contributed by atoms with van der Waals surface area (Å²) in [6.07, 6.45) is 2.09. The number of nitrogens with two attached hydrogens (primary N) is 1. The molecular weight excluding hydrogens is 292 g/mol. The summed E-state index contributed by atoms with van der Waals surface area (Å²) in [6.45, 7) is 6.39. The summed E-state index contributed by atoms with van der Waals surface area (Å²) in [5.41, 5.74) is 6.84. The second kappa shape index (κ2) is 6.78. The molecule has 1 aromatic carbocycles. The molecule has 0 spiro atoms. The Morgan fingerprint density at radius 3 is 2.61 bits per heavy atom. The summed E-state index contributed by atoms with van der Waals surface area (Å²) in [5, 5.41) is 2.98. The second-order valence-corrected chi connectivity index (χ2v) is 5.99. The molecule has 18 heavy (non-hydrogen) atoms. The van der Waals surface area contributed by atoms with E-state index in [1.165, 1.54) is 0 Å². The predicted molar refractivity (Wildman–Crippen MR) is 79.6 cm³/mol. The summed E-state index contributed by atoms with van der Waals surface area (Å²) < 4.78 is 0.858. The molecule has 1 aromatic rings. The molecule has 0 aliphatic heterocycles. The topological polar surface area (TPSA) is 55.1 Å². The van der Waals surface area contributed by atoms with Gasteiger partial charge in [-0.25, -0.2) is 0 Å². The summed E-state index contributed by atoms with van der Waals surface area (Å²) in [7, 11) is 0. The SMILES string of the molecule is CC(C)CCC(C)NC(=O)c1cc(Br)ccc1N. The van der Waals surface area contributed by atoms with E-state index in [1.807, 2.05) is 13.0 Å². The first kappa shape index (κ1) is 15.0.